The number of ether oxygens (including phenoxy) is 1. The van der Waals surface area contributed by atoms with Crippen LogP contribution >= 0.6 is 15.9 Å². The van der Waals surface area contributed by atoms with Crippen LogP contribution in [0.4, 0.5) is 0 Å². The number of esters is 1. The molecule has 19 heavy (non-hydrogen) atoms. The molecule has 0 spiro atoms. The van der Waals surface area contributed by atoms with Gasteiger partial charge < -0.3 is 9.15 Å². The first-order valence-corrected chi connectivity index (χ1v) is 6.38. The molecular formula is C14H11BrO4. The van der Waals surface area contributed by atoms with Crippen molar-refractivity contribution in [2.24, 2.45) is 0 Å². The van der Waals surface area contributed by atoms with E-state index in [0.29, 0.717) is 10.2 Å². The highest BCUT2D eigenvalue weighted by Crippen LogP contribution is 2.15. The minimum Gasteiger partial charge on any atom is -0.451 e. The molecule has 0 saturated heterocycles. The number of hydrogen-bond acceptors (Lipinski definition) is 4. The number of halogens is 1. The Bertz CT molecular complexity index is 615. The average Bonchev–Trinajstić information content (AvgIpc) is 2.83. The maximum Gasteiger partial charge on any atom is 0.374 e. The summed E-state index contributed by atoms with van der Waals surface area (Å²) in [5.74, 6) is -0.839. The molecule has 0 saturated carbocycles. The number of furan rings is 1. The molecule has 0 unspecified atom stereocenters. The summed E-state index contributed by atoms with van der Waals surface area (Å²) in [5.41, 5.74) is 1.40. The number of aryl methyl sites for hydroxylation is 1. The summed E-state index contributed by atoms with van der Waals surface area (Å²) in [7, 11) is 0. The molecule has 2 rings (SSSR count). The van der Waals surface area contributed by atoms with Crippen LogP contribution in [0.15, 0.2) is 45.5 Å². The van der Waals surface area contributed by atoms with Crippen LogP contribution in [-0.4, -0.2) is 18.4 Å². The van der Waals surface area contributed by atoms with Gasteiger partial charge in [0.1, 0.15) is 0 Å². The van der Waals surface area contributed by atoms with Gasteiger partial charge in [-0.3, -0.25) is 4.79 Å². The second-order valence-corrected chi connectivity index (χ2v) is 4.70. The lowest BCUT2D eigenvalue weighted by atomic mass is 10.1. The van der Waals surface area contributed by atoms with Crippen LogP contribution in [-0.2, 0) is 4.74 Å². The lowest BCUT2D eigenvalue weighted by Crippen LogP contribution is -2.14. The van der Waals surface area contributed by atoms with Crippen LogP contribution in [0.2, 0.25) is 0 Å². The third-order valence-electron chi connectivity index (χ3n) is 2.55. The largest absolute Gasteiger partial charge is 0.451 e. The maximum atomic E-state index is 11.9. The summed E-state index contributed by atoms with van der Waals surface area (Å²) in [4.78, 5) is 23.5. The van der Waals surface area contributed by atoms with Crippen LogP contribution in [0, 0.1) is 6.92 Å². The Kier molecular flexibility index (Phi) is 4.16. The van der Waals surface area contributed by atoms with Crippen molar-refractivity contribution in [1.82, 2.24) is 0 Å². The van der Waals surface area contributed by atoms with Crippen molar-refractivity contribution < 1.29 is 18.7 Å². The van der Waals surface area contributed by atoms with Crippen LogP contribution in [0.3, 0.4) is 0 Å². The zero-order valence-electron chi connectivity index (χ0n) is 10.2. The van der Waals surface area contributed by atoms with Crippen LogP contribution in [0.5, 0.6) is 0 Å². The molecule has 0 aliphatic carbocycles. The van der Waals surface area contributed by atoms with E-state index in [1.165, 1.54) is 6.07 Å². The van der Waals surface area contributed by atoms with E-state index in [2.05, 4.69) is 15.9 Å². The van der Waals surface area contributed by atoms with Crippen molar-refractivity contribution in [3.05, 3.63) is 58.0 Å². The third kappa shape index (κ3) is 3.32. The Balaban J connectivity index is 1.98. The first kappa shape index (κ1) is 13.5. The Morgan fingerprint density at radius 1 is 1.21 bits per heavy atom. The van der Waals surface area contributed by atoms with Crippen LogP contribution in [0.1, 0.15) is 26.5 Å². The third-order valence-corrected chi connectivity index (χ3v) is 2.98. The molecule has 1 aromatic carbocycles. The summed E-state index contributed by atoms with van der Waals surface area (Å²) in [5, 5.41) is 0. The van der Waals surface area contributed by atoms with Gasteiger partial charge >= 0.3 is 5.97 Å². The molecule has 2 aromatic rings. The first-order chi connectivity index (χ1) is 9.08. The van der Waals surface area contributed by atoms with E-state index >= 15 is 0 Å². The molecule has 1 aromatic heterocycles. The van der Waals surface area contributed by atoms with Gasteiger partial charge in [-0.1, -0.05) is 24.3 Å². The monoisotopic (exact) mass is 322 g/mol. The highest BCUT2D eigenvalue weighted by atomic mass is 79.9. The van der Waals surface area contributed by atoms with Crippen molar-refractivity contribution in [3.8, 4) is 0 Å². The van der Waals surface area contributed by atoms with Gasteiger partial charge in [0.15, 0.2) is 11.3 Å². The fourth-order valence-corrected chi connectivity index (χ4v) is 1.90. The lowest BCUT2D eigenvalue weighted by molar-refractivity contribution is 0.0442. The normalized spacial score (nSPS) is 10.2. The molecule has 98 valence electrons. The zero-order valence-corrected chi connectivity index (χ0v) is 11.8. The van der Waals surface area contributed by atoms with E-state index in [0.717, 1.165) is 5.56 Å². The van der Waals surface area contributed by atoms with Gasteiger partial charge in [0.05, 0.1) is 0 Å². The molecule has 0 bridgehead atoms. The van der Waals surface area contributed by atoms with Crippen LogP contribution in [0.25, 0.3) is 0 Å². The van der Waals surface area contributed by atoms with Gasteiger partial charge in [-0.2, -0.15) is 0 Å². The quantitative estimate of drug-likeness (QED) is 0.639. The SMILES string of the molecule is Cc1ccccc1C(=O)COC(=O)c1ccc(Br)o1. The van der Waals surface area contributed by atoms with Crippen molar-refractivity contribution in [2.75, 3.05) is 6.61 Å². The van der Waals surface area contributed by atoms with Crippen molar-refractivity contribution >= 4 is 27.7 Å². The summed E-state index contributed by atoms with van der Waals surface area (Å²) in [6.45, 7) is 1.53. The second kappa shape index (κ2) is 5.84. The van der Waals surface area contributed by atoms with E-state index in [1.54, 1.807) is 18.2 Å². The van der Waals surface area contributed by atoms with Gasteiger partial charge in [-0.15, -0.1) is 0 Å². The van der Waals surface area contributed by atoms with Crippen molar-refractivity contribution in [3.63, 3.8) is 0 Å². The highest BCUT2D eigenvalue weighted by molar-refractivity contribution is 9.10. The molecule has 0 aliphatic rings. The Morgan fingerprint density at radius 3 is 2.58 bits per heavy atom. The van der Waals surface area contributed by atoms with E-state index in [4.69, 9.17) is 9.15 Å². The summed E-state index contributed by atoms with van der Waals surface area (Å²) < 4.78 is 10.4. The molecule has 5 heteroatoms. The highest BCUT2D eigenvalue weighted by Gasteiger charge is 2.15. The Hall–Kier alpha value is -1.88. The maximum absolute atomic E-state index is 11.9. The summed E-state index contributed by atoms with van der Waals surface area (Å²) >= 11 is 3.09. The number of ketones is 1. The molecule has 0 fully saturated rings. The molecule has 0 radical (unpaired) electrons. The minimum absolute atomic E-state index is 0.0597. The number of hydrogen-bond donors (Lipinski definition) is 0. The fraction of sp³-hybridized carbons (Fsp3) is 0.143. The predicted octanol–water partition coefficient (Wildman–Crippen LogP) is 3.39. The molecule has 0 aliphatic heterocycles. The van der Waals surface area contributed by atoms with E-state index in [1.807, 2.05) is 19.1 Å². The standard InChI is InChI=1S/C14H11BrO4/c1-9-4-2-3-5-10(9)11(16)8-18-14(17)12-6-7-13(15)19-12/h2-7H,8H2,1H3. The molecular weight excluding hydrogens is 312 g/mol. The predicted molar refractivity (Wildman–Crippen MR) is 72.2 cm³/mol. The van der Waals surface area contributed by atoms with Crippen molar-refractivity contribution in [1.29, 1.82) is 0 Å². The Labute approximate surface area is 118 Å². The molecule has 0 amide bonds. The Morgan fingerprint density at radius 2 is 1.95 bits per heavy atom. The number of Topliss-reactive ketones (excluding diaryl/α,β-unsaturated/α-hetero) is 1. The summed E-state index contributed by atoms with van der Waals surface area (Å²) in [6, 6.07) is 10.2. The first-order valence-electron chi connectivity index (χ1n) is 5.59. The molecule has 0 N–H and O–H groups in total. The van der Waals surface area contributed by atoms with E-state index in [9.17, 15) is 9.59 Å². The number of carbonyl (C=O) groups excluding carboxylic acids is 2. The number of benzene rings is 1. The molecule has 1 heterocycles. The van der Waals surface area contributed by atoms with Crippen molar-refractivity contribution in [2.45, 2.75) is 6.92 Å². The average molecular weight is 323 g/mol. The molecule has 4 nitrogen and oxygen atoms in total. The second-order valence-electron chi connectivity index (χ2n) is 3.92. The smallest absolute Gasteiger partial charge is 0.374 e. The van der Waals surface area contributed by atoms with E-state index in [-0.39, 0.29) is 18.2 Å². The van der Waals surface area contributed by atoms with Crippen LogP contribution < -0.4 is 0 Å². The minimum atomic E-state index is -0.660. The van der Waals surface area contributed by atoms with Gasteiger partial charge in [-0.25, -0.2) is 4.79 Å². The fourth-order valence-electron chi connectivity index (χ4n) is 1.59. The summed E-state index contributed by atoms with van der Waals surface area (Å²) in [6.07, 6.45) is 0. The van der Waals surface area contributed by atoms with Gasteiger partial charge in [-0.05, 0) is 40.5 Å². The number of carbonyl (C=O) groups is 2. The lowest BCUT2D eigenvalue weighted by Gasteiger charge is -2.05. The number of rotatable bonds is 4. The topological polar surface area (TPSA) is 56.5 Å². The van der Waals surface area contributed by atoms with Gasteiger partial charge in [0, 0.05) is 5.56 Å². The zero-order chi connectivity index (χ0) is 13.8. The van der Waals surface area contributed by atoms with Gasteiger partial charge in [0.2, 0.25) is 11.5 Å². The molecule has 0 atom stereocenters. The van der Waals surface area contributed by atoms with E-state index < -0.39 is 5.97 Å². The van der Waals surface area contributed by atoms with Gasteiger partial charge in [0.25, 0.3) is 0 Å².